The zero-order valence-corrected chi connectivity index (χ0v) is 6.27. The summed E-state index contributed by atoms with van der Waals surface area (Å²) in [4.78, 5) is 20.5. The van der Waals surface area contributed by atoms with Crippen molar-refractivity contribution in [2.24, 2.45) is 0 Å². The summed E-state index contributed by atoms with van der Waals surface area (Å²) in [6.45, 7) is -0.254. The highest BCUT2D eigenvalue weighted by Gasteiger charge is 2.24. The molecule has 0 spiro atoms. The standard InChI is InChI=1S/C6H10O6/c7-2-1-3-12-6(11)4(8)5(9)10/h4,7-8H,1-3H2,(H,9,10). The van der Waals surface area contributed by atoms with Crippen molar-refractivity contribution in [1.29, 1.82) is 0 Å². The van der Waals surface area contributed by atoms with Gasteiger partial charge in [-0.05, 0) is 0 Å². The third-order valence-corrected chi connectivity index (χ3v) is 1.00. The van der Waals surface area contributed by atoms with Gasteiger partial charge in [0.1, 0.15) is 0 Å². The van der Waals surface area contributed by atoms with Crippen LogP contribution in [0.2, 0.25) is 0 Å². The minimum Gasteiger partial charge on any atom is -0.479 e. The molecule has 12 heavy (non-hydrogen) atoms. The average molecular weight is 178 g/mol. The Morgan fingerprint density at radius 3 is 2.42 bits per heavy atom. The molecule has 70 valence electrons. The van der Waals surface area contributed by atoms with Crippen LogP contribution in [-0.4, -0.2) is 46.6 Å². The van der Waals surface area contributed by atoms with Crippen LogP contribution in [0.15, 0.2) is 0 Å². The normalized spacial score (nSPS) is 12.2. The number of carboxylic acids is 1. The fourth-order valence-electron chi connectivity index (χ4n) is 0.417. The molecule has 0 aliphatic rings. The number of aliphatic carboxylic acids is 1. The number of ether oxygens (including phenoxy) is 1. The van der Waals surface area contributed by atoms with E-state index in [9.17, 15) is 9.59 Å². The summed E-state index contributed by atoms with van der Waals surface area (Å²) in [5.41, 5.74) is 0. The van der Waals surface area contributed by atoms with E-state index in [0.717, 1.165) is 0 Å². The van der Waals surface area contributed by atoms with E-state index in [-0.39, 0.29) is 19.6 Å². The van der Waals surface area contributed by atoms with Crippen molar-refractivity contribution < 1.29 is 29.6 Å². The summed E-state index contributed by atoms with van der Waals surface area (Å²) in [5, 5.41) is 24.9. The molecule has 0 bridgehead atoms. The fourth-order valence-corrected chi connectivity index (χ4v) is 0.417. The lowest BCUT2D eigenvalue weighted by Crippen LogP contribution is -2.31. The first kappa shape index (κ1) is 10.9. The Morgan fingerprint density at radius 1 is 1.42 bits per heavy atom. The van der Waals surface area contributed by atoms with Crippen LogP contribution in [0.5, 0.6) is 0 Å². The topological polar surface area (TPSA) is 104 Å². The molecule has 1 unspecified atom stereocenters. The second-order valence-corrected chi connectivity index (χ2v) is 1.99. The van der Waals surface area contributed by atoms with E-state index in [1.807, 2.05) is 0 Å². The third-order valence-electron chi connectivity index (χ3n) is 1.00. The number of aliphatic hydroxyl groups excluding tert-OH is 2. The molecule has 0 aliphatic heterocycles. The predicted octanol–water partition coefficient (Wildman–Crippen LogP) is -1.64. The Labute approximate surface area is 68.4 Å². The summed E-state index contributed by atoms with van der Waals surface area (Å²) >= 11 is 0. The van der Waals surface area contributed by atoms with Gasteiger partial charge in [-0.25, -0.2) is 9.59 Å². The lowest BCUT2D eigenvalue weighted by molar-refractivity contribution is -0.165. The van der Waals surface area contributed by atoms with E-state index in [0.29, 0.717) is 0 Å². The van der Waals surface area contributed by atoms with Crippen molar-refractivity contribution in [1.82, 2.24) is 0 Å². The average Bonchev–Trinajstić information content (AvgIpc) is 2.03. The maximum absolute atomic E-state index is 10.5. The summed E-state index contributed by atoms with van der Waals surface area (Å²) in [6.07, 6.45) is -1.92. The van der Waals surface area contributed by atoms with Crippen molar-refractivity contribution >= 4 is 11.9 Å². The number of hydrogen-bond donors (Lipinski definition) is 3. The Bertz CT molecular complexity index is 165. The summed E-state index contributed by atoms with van der Waals surface area (Å²) < 4.78 is 4.28. The first-order chi connectivity index (χ1) is 5.59. The number of aliphatic hydroxyl groups is 2. The van der Waals surface area contributed by atoms with Crippen LogP contribution in [0.1, 0.15) is 6.42 Å². The fraction of sp³-hybridized carbons (Fsp3) is 0.667. The SMILES string of the molecule is O=C(O)C(O)C(=O)OCCCO. The number of carbonyl (C=O) groups excluding carboxylic acids is 1. The minimum atomic E-state index is -2.14. The van der Waals surface area contributed by atoms with Crippen LogP contribution >= 0.6 is 0 Å². The predicted molar refractivity (Wildman–Crippen MR) is 36.3 cm³/mol. The second kappa shape index (κ2) is 5.50. The zero-order valence-electron chi connectivity index (χ0n) is 6.27. The van der Waals surface area contributed by atoms with Gasteiger partial charge >= 0.3 is 11.9 Å². The van der Waals surface area contributed by atoms with Gasteiger partial charge in [0, 0.05) is 13.0 Å². The number of carbonyl (C=O) groups is 2. The molecule has 0 aromatic heterocycles. The van der Waals surface area contributed by atoms with E-state index in [1.54, 1.807) is 0 Å². The lowest BCUT2D eigenvalue weighted by atomic mass is 10.4. The highest BCUT2D eigenvalue weighted by atomic mass is 16.6. The molecule has 0 saturated carbocycles. The van der Waals surface area contributed by atoms with Crippen LogP contribution in [0, 0.1) is 0 Å². The van der Waals surface area contributed by atoms with E-state index < -0.39 is 18.0 Å². The van der Waals surface area contributed by atoms with E-state index in [1.165, 1.54) is 0 Å². The molecule has 0 radical (unpaired) electrons. The van der Waals surface area contributed by atoms with Crippen molar-refractivity contribution in [3.63, 3.8) is 0 Å². The number of esters is 1. The molecule has 0 fully saturated rings. The number of rotatable bonds is 5. The van der Waals surface area contributed by atoms with E-state index in [4.69, 9.17) is 15.3 Å². The maximum Gasteiger partial charge on any atom is 0.346 e. The van der Waals surface area contributed by atoms with Crippen LogP contribution < -0.4 is 0 Å². The van der Waals surface area contributed by atoms with Crippen molar-refractivity contribution in [3.05, 3.63) is 0 Å². The third kappa shape index (κ3) is 3.89. The molecule has 0 aromatic carbocycles. The van der Waals surface area contributed by atoms with Gasteiger partial charge in [-0.3, -0.25) is 0 Å². The summed E-state index contributed by atoms with van der Waals surface area (Å²) in [6, 6.07) is 0. The molecule has 6 heteroatoms. The quantitative estimate of drug-likeness (QED) is 0.265. The first-order valence-corrected chi connectivity index (χ1v) is 3.28. The molecule has 3 N–H and O–H groups in total. The summed E-state index contributed by atoms with van der Waals surface area (Å²) in [5.74, 6) is -2.86. The zero-order chi connectivity index (χ0) is 9.56. The van der Waals surface area contributed by atoms with Crippen LogP contribution in [-0.2, 0) is 14.3 Å². The number of hydrogen-bond acceptors (Lipinski definition) is 5. The first-order valence-electron chi connectivity index (χ1n) is 3.28. The molecule has 1 atom stereocenters. The smallest absolute Gasteiger partial charge is 0.346 e. The Morgan fingerprint density at radius 2 is 2.00 bits per heavy atom. The van der Waals surface area contributed by atoms with Gasteiger partial charge in [0.2, 0.25) is 6.10 Å². The second-order valence-electron chi connectivity index (χ2n) is 1.99. The molecule has 0 saturated heterocycles. The van der Waals surface area contributed by atoms with Gasteiger partial charge in [-0.1, -0.05) is 0 Å². The molecule has 0 heterocycles. The Hall–Kier alpha value is -1.14. The van der Waals surface area contributed by atoms with Crippen molar-refractivity contribution in [2.75, 3.05) is 13.2 Å². The van der Waals surface area contributed by atoms with Crippen LogP contribution in [0.25, 0.3) is 0 Å². The molecule has 0 amide bonds. The van der Waals surface area contributed by atoms with Gasteiger partial charge in [0.25, 0.3) is 0 Å². The molecule has 0 aliphatic carbocycles. The van der Waals surface area contributed by atoms with Crippen LogP contribution in [0.4, 0.5) is 0 Å². The molecular weight excluding hydrogens is 168 g/mol. The maximum atomic E-state index is 10.5. The van der Waals surface area contributed by atoms with Crippen molar-refractivity contribution in [2.45, 2.75) is 12.5 Å². The van der Waals surface area contributed by atoms with Gasteiger partial charge in [0.05, 0.1) is 6.61 Å². The van der Waals surface area contributed by atoms with Gasteiger partial charge < -0.3 is 20.1 Å². The lowest BCUT2D eigenvalue weighted by Gasteiger charge is -2.05. The summed E-state index contributed by atoms with van der Waals surface area (Å²) in [7, 11) is 0. The Balaban J connectivity index is 3.65. The van der Waals surface area contributed by atoms with Crippen LogP contribution in [0.3, 0.4) is 0 Å². The van der Waals surface area contributed by atoms with Crippen molar-refractivity contribution in [3.8, 4) is 0 Å². The molecular formula is C6H10O6. The molecule has 6 nitrogen and oxygen atoms in total. The number of carboxylic acid groups (broad SMARTS) is 1. The monoisotopic (exact) mass is 178 g/mol. The Kier molecular flexibility index (Phi) is 4.98. The van der Waals surface area contributed by atoms with E-state index >= 15 is 0 Å². The largest absolute Gasteiger partial charge is 0.479 e. The van der Waals surface area contributed by atoms with Gasteiger partial charge in [0.15, 0.2) is 0 Å². The minimum absolute atomic E-state index is 0.0975. The van der Waals surface area contributed by atoms with E-state index in [2.05, 4.69) is 4.74 Å². The highest BCUT2D eigenvalue weighted by Crippen LogP contribution is 1.90. The highest BCUT2D eigenvalue weighted by molar-refractivity contribution is 5.96. The molecule has 0 rings (SSSR count). The van der Waals surface area contributed by atoms with Gasteiger partial charge in [-0.2, -0.15) is 0 Å². The van der Waals surface area contributed by atoms with Gasteiger partial charge in [-0.15, -0.1) is 0 Å². The molecule has 0 aromatic rings.